The van der Waals surface area contributed by atoms with Crippen molar-refractivity contribution >= 4 is 27.7 Å². The van der Waals surface area contributed by atoms with Crippen molar-refractivity contribution in [1.29, 1.82) is 0 Å². The van der Waals surface area contributed by atoms with Gasteiger partial charge in [0.15, 0.2) is 0 Å². The van der Waals surface area contributed by atoms with Crippen LogP contribution >= 0.6 is 0 Å². The van der Waals surface area contributed by atoms with Gasteiger partial charge >= 0.3 is 0 Å². The van der Waals surface area contributed by atoms with E-state index in [1.807, 2.05) is 24.4 Å². The summed E-state index contributed by atoms with van der Waals surface area (Å²) >= 11 is 0. The van der Waals surface area contributed by atoms with E-state index in [1.54, 1.807) is 18.2 Å². The highest BCUT2D eigenvalue weighted by atomic mass is 16.3. The van der Waals surface area contributed by atoms with Crippen LogP contribution in [0.4, 0.5) is 0 Å². The van der Waals surface area contributed by atoms with Crippen molar-refractivity contribution < 1.29 is 9.90 Å². The summed E-state index contributed by atoms with van der Waals surface area (Å²) in [4.78, 5) is 19.4. The lowest BCUT2D eigenvalue weighted by Gasteiger charge is -2.15. The van der Waals surface area contributed by atoms with Crippen LogP contribution in [0.15, 0.2) is 72.9 Å². The maximum atomic E-state index is 12.6. The number of benzene rings is 3. The molecule has 0 saturated carbocycles. The number of hydrogen-bond acceptors (Lipinski definition) is 3. The molecule has 0 aliphatic carbocycles. The molecule has 0 fully saturated rings. The van der Waals surface area contributed by atoms with Crippen LogP contribution in [0.2, 0.25) is 0 Å². The average Bonchev–Trinajstić information content (AvgIpc) is 3.48. The molecule has 1 atom stereocenters. The first-order valence-corrected chi connectivity index (χ1v) is 10.7. The van der Waals surface area contributed by atoms with Gasteiger partial charge in [-0.2, -0.15) is 0 Å². The Balaban J connectivity index is 1.34. The van der Waals surface area contributed by atoms with Crippen molar-refractivity contribution in [3.63, 3.8) is 0 Å². The number of phenols is 1. The van der Waals surface area contributed by atoms with Gasteiger partial charge in [-0.25, -0.2) is 0 Å². The van der Waals surface area contributed by atoms with E-state index in [2.05, 4.69) is 50.9 Å². The normalized spacial score (nSPS) is 15.4. The molecular formula is C26H22N4O2. The number of nitrogens with one attached hydrogen (secondary N) is 4. The van der Waals surface area contributed by atoms with Crippen LogP contribution in [0.25, 0.3) is 21.8 Å². The summed E-state index contributed by atoms with van der Waals surface area (Å²) in [6.07, 6.45) is 1.95. The lowest BCUT2D eigenvalue weighted by atomic mass is 9.95. The summed E-state index contributed by atoms with van der Waals surface area (Å²) < 4.78 is 0. The molecule has 3 heterocycles. The number of aromatic nitrogens is 2. The Hall–Kier alpha value is -4.03. The van der Waals surface area contributed by atoms with Gasteiger partial charge in [-0.1, -0.05) is 30.3 Å². The third-order valence-electron chi connectivity index (χ3n) is 6.23. The lowest BCUT2D eigenvalue weighted by Crippen LogP contribution is -2.22. The van der Waals surface area contributed by atoms with Crippen LogP contribution in [-0.4, -0.2) is 21.0 Å². The van der Waals surface area contributed by atoms with Crippen molar-refractivity contribution in [1.82, 2.24) is 20.6 Å². The van der Waals surface area contributed by atoms with Crippen molar-refractivity contribution in [2.75, 3.05) is 0 Å². The molecule has 0 radical (unpaired) electrons. The minimum Gasteiger partial charge on any atom is -0.508 e. The van der Waals surface area contributed by atoms with Crippen molar-refractivity contribution in [2.45, 2.75) is 19.1 Å². The van der Waals surface area contributed by atoms with E-state index in [-0.39, 0.29) is 17.7 Å². The van der Waals surface area contributed by atoms with Crippen LogP contribution in [-0.2, 0) is 13.1 Å². The predicted molar refractivity (Wildman–Crippen MR) is 125 cm³/mol. The number of para-hydroxylation sites is 1. The highest BCUT2D eigenvalue weighted by Crippen LogP contribution is 2.38. The zero-order chi connectivity index (χ0) is 21.7. The summed E-state index contributed by atoms with van der Waals surface area (Å²) in [5.74, 6) is 0.0397. The number of carbonyl (C=O) groups excluding carboxylic acids is 1. The molecule has 6 nitrogen and oxygen atoms in total. The molecule has 158 valence electrons. The fraction of sp³-hybridized carbons (Fsp3) is 0.115. The Morgan fingerprint density at radius 1 is 0.938 bits per heavy atom. The molecular weight excluding hydrogens is 400 g/mol. The molecule has 6 heteroatoms. The zero-order valence-corrected chi connectivity index (χ0v) is 17.3. The maximum Gasteiger partial charge on any atom is 0.252 e. The first kappa shape index (κ1) is 18.7. The number of phenolic OH excluding ortho intramolecular Hbond substituents is 1. The molecule has 6 rings (SSSR count). The first-order valence-electron chi connectivity index (χ1n) is 10.7. The van der Waals surface area contributed by atoms with Gasteiger partial charge < -0.3 is 25.7 Å². The van der Waals surface area contributed by atoms with E-state index >= 15 is 0 Å². The summed E-state index contributed by atoms with van der Waals surface area (Å²) in [5.41, 5.74) is 6.81. The van der Waals surface area contributed by atoms with Crippen molar-refractivity contribution in [3.05, 3.63) is 101 Å². The van der Waals surface area contributed by atoms with Crippen LogP contribution < -0.4 is 10.6 Å². The Bertz CT molecular complexity index is 1480. The second-order valence-electron chi connectivity index (χ2n) is 8.24. The van der Waals surface area contributed by atoms with Crippen molar-refractivity contribution in [3.8, 4) is 5.75 Å². The van der Waals surface area contributed by atoms with E-state index in [4.69, 9.17) is 0 Å². The second kappa shape index (κ2) is 7.28. The van der Waals surface area contributed by atoms with Crippen molar-refractivity contribution in [2.24, 2.45) is 0 Å². The van der Waals surface area contributed by atoms with Crippen LogP contribution in [0.3, 0.4) is 0 Å². The number of amides is 1. The molecule has 0 saturated heterocycles. The quantitative estimate of drug-likeness (QED) is 0.289. The molecule has 1 amide bonds. The number of carbonyl (C=O) groups is 1. The number of hydrogen-bond donors (Lipinski definition) is 5. The molecule has 0 unspecified atom stereocenters. The standard InChI is InChI=1S/C26H22N4O2/c31-17-7-8-18-20(12-17)25(30-26(18)32)24-19-3-1-2-4-21(19)29-23(24)14-27-13-15-5-6-16-9-10-28-22(16)11-15/h1-12,25,27-29,31H,13-14H2,(H,30,32)/t25-/m0/s1. The minimum atomic E-state index is -0.312. The van der Waals surface area contributed by atoms with E-state index in [0.717, 1.165) is 39.8 Å². The van der Waals surface area contributed by atoms with Crippen LogP contribution in [0.1, 0.15) is 38.8 Å². The highest BCUT2D eigenvalue weighted by Gasteiger charge is 2.33. The Labute approximate surface area is 184 Å². The smallest absolute Gasteiger partial charge is 0.252 e. The van der Waals surface area contributed by atoms with Gasteiger partial charge in [0.25, 0.3) is 5.91 Å². The predicted octanol–water partition coefficient (Wildman–Crippen LogP) is 4.48. The topological polar surface area (TPSA) is 92.9 Å². The molecule has 32 heavy (non-hydrogen) atoms. The third kappa shape index (κ3) is 3.04. The fourth-order valence-corrected chi connectivity index (χ4v) is 4.74. The lowest BCUT2D eigenvalue weighted by molar-refractivity contribution is 0.0960. The molecule has 0 spiro atoms. The van der Waals surface area contributed by atoms with Gasteiger partial charge in [0.2, 0.25) is 0 Å². The molecule has 3 aromatic carbocycles. The van der Waals surface area contributed by atoms with Gasteiger partial charge in [0, 0.05) is 52.5 Å². The molecule has 1 aliphatic heterocycles. The third-order valence-corrected chi connectivity index (χ3v) is 6.23. The minimum absolute atomic E-state index is 0.117. The Kier molecular flexibility index (Phi) is 4.26. The maximum absolute atomic E-state index is 12.6. The Morgan fingerprint density at radius 3 is 2.78 bits per heavy atom. The summed E-state index contributed by atoms with van der Waals surface area (Å²) in [6.45, 7) is 1.34. The Morgan fingerprint density at radius 2 is 1.84 bits per heavy atom. The number of fused-ring (bicyclic) bond motifs is 3. The first-order chi connectivity index (χ1) is 15.7. The molecule has 5 N–H and O–H groups in total. The summed E-state index contributed by atoms with van der Waals surface area (Å²) in [6, 6.07) is 21.2. The number of H-pyrrole nitrogens is 2. The molecule has 2 aromatic heterocycles. The van der Waals surface area contributed by atoms with E-state index < -0.39 is 0 Å². The number of aromatic amines is 2. The van der Waals surface area contributed by atoms with Gasteiger partial charge in [-0.3, -0.25) is 4.79 Å². The highest BCUT2D eigenvalue weighted by molar-refractivity contribution is 6.01. The molecule has 1 aliphatic rings. The van der Waals surface area contributed by atoms with Gasteiger partial charge in [0.05, 0.1) is 6.04 Å². The monoisotopic (exact) mass is 422 g/mol. The zero-order valence-electron chi connectivity index (χ0n) is 17.3. The number of aromatic hydroxyl groups is 1. The van der Waals surface area contributed by atoms with Gasteiger partial charge in [0.1, 0.15) is 5.75 Å². The fourth-order valence-electron chi connectivity index (χ4n) is 4.74. The second-order valence-corrected chi connectivity index (χ2v) is 8.24. The van der Waals surface area contributed by atoms with E-state index in [0.29, 0.717) is 12.1 Å². The summed E-state index contributed by atoms with van der Waals surface area (Å²) in [5, 5.41) is 19.0. The van der Waals surface area contributed by atoms with Gasteiger partial charge in [-0.15, -0.1) is 0 Å². The largest absolute Gasteiger partial charge is 0.508 e. The van der Waals surface area contributed by atoms with Crippen LogP contribution in [0.5, 0.6) is 5.75 Å². The molecule has 5 aromatic rings. The van der Waals surface area contributed by atoms with Crippen LogP contribution in [0, 0.1) is 0 Å². The number of rotatable bonds is 5. The van der Waals surface area contributed by atoms with Gasteiger partial charge in [-0.05, 0) is 52.9 Å². The molecule has 0 bridgehead atoms. The average molecular weight is 422 g/mol. The van der Waals surface area contributed by atoms with E-state index in [9.17, 15) is 9.90 Å². The SMILES string of the molecule is O=C1N[C@H](c2c(CNCc3ccc4cc[nH]c4c3)[nH]c3ccccc23)c2cc(O)ccc21. The summed E-state index contributed by atoms with van der Waals surface area (Å²) in [7, 11) is 0. The van der Waals surface area contributed by atoms with E-state index in [1.165, 1.54) is 10.9 Å².